The third-order valence-electron chi connectivity index (χ3n) is 4.91. The Kier molecular flexibility index (Phi) is 6.09. The van der Waals surface area contributed by atoms with Crippen molar-refractivity contribution in [2.24, 2.45) is 4.99 Å². The number of rotatable bonds is 5. The first-order valence-electron chi connectivity index (χ1n) is 9.68. The summed E-state index contributed by atoms with van der Waals surface area (Å²) in [6, 6.07) is 13.9. The molecule has 1 aliphatic rings. The van der Waals surface area contributed by atoms with Gasteiger partial charge in [0.1, 0.15) is 16.5 Å². The maximum atomic E-state index is 12.6. The molecule has 0 N–H and O–H groups in total. The fourth-order valence-corrected chi connectivity index (χ4v) is 3.63. The molecular formula is C23H27ClN2O2. The number of methoxy groups -OCH3 is 1. The second-order valence-electron chi connectivity index (χ2n) is 7.43. The van der Waals surface area contributed by atoms with Crippen molar-refractivity contribution in [3.8, 4) is 5.75 Å². The van der Waals surface area contributed by atoms with Crippen molar-refractivity contribution in [2.75, 3.05) is 25.1 Å². The summed E-state index contributed by atoms with van der Waals surface area (Å²) >= 11 is 6.24. The maximum Gasteiger partial charge on any atom is 0.183 e. The molecule has 1 heterocycles. The van der Waals surface area contributed by atoms with Crippen LogP contribution in [0.3, 0.4) is 0 Å². The zero-order valence-electron chi connectivity index (χ0n) is 17.0. The fourth-order valence-electron chi connectivity index (χ4n) is 3.52. The van der Waals surface area contributed by atoms with E-state index in [9.17, 15) is 4.79 Å². The minimum atomic E-state index is -0.902. The Morgan fingerprint density at radius 2 is 1.86 bits per heavy atom. The molecule has 0 aromatic heterocycles. The average Bonchev–Trinajstić information content (AvgIpc) is 2.70. The average molecular weight is 399 g/mol. The normalized spacial score (nSPS) is 14.6. The Bertz CT molecular complexity index is 882. The number of ether oxygens (including phenoxy) is 1. The summed E-state index contributed by atoms with van der Waals surface area (Å²) in [6.45, 7) is 7.10. The van der Waals surface area contributed by atoms with E-state index in [1.807, 2.05) is 49.4 Å². The van der Waals surface area contributed by atoms with E-state index >= 15 is 0 Å². The zero-order valence-corrected chi connectivity index (χ0v) is 17.7. The van der Waals surface area contributed by atoms with Crippen molar-refractivity contribution in [3.63, 3.8) is 0 Å². The number of ketones is 1. The van der Waals surface area contributed by atoms with Crippen LogP contribution in [0.25, 0.3) is 0 Å². The number of nitrogens with zero attached hydrogens (tertiary/aromatic N) is 2. The van der Waals surface area contributed by atoms with Gasteiger partial charge < -0.3 is 9.64 Å². The number of amidine groups is 1. The van der Waals surface area contributed by atoms with Crippen molar-refractivity contribution in [1.82, 2.24) is 0 Å². The summed E-state index contributed by atoms with van der Waals surface area (Å²) in [7, 11) is 1.66. The van der Waals surface area contributed by atoms with Gasteiger partial charge in [0, 0.05) is 29.9 Å². The van der Waals surface area contributed by atoms with Gasteiger partial charge in [-0.05, 0) is 81.6 Å². The van der Waals surface area contributed by atoms with Crippen LogP contribution in [0.2, 0.25) is 0 Å². The minimum Gasteiger partial charge on any atom is -0.497 e. The van der Waals surface area contributed by atoms with Gasteiger partial charge in [-0.15, -0.1) is 11.6 Å². The van der Waals surface area contributed by atoms with Crippen molar-refractivity contribution >= 4 is 28.9 Å². The topological polar surface area (TPSA) is 41.9 Å². The highest BCUT2D eigenvalue weighted by Crippen LogP contribution is 2.31. The molecule has 0 fully saturated rings. The smallest absolute Gasteiger partial charge is 0.183 e. The largest absolute Gasteiger partial charge is 0.497 e. The number of hydrogen-bond donors (Lipinski definition) is 0. The molecule has 0 saturated heterocycles. The number of anilines is 1. The second kappa shape index (κ2) is 8.36. The highest BCUT2D eigenvalue weighted by atomic mass is 35.5. The number of fused-ring (bicyclic) bond motifs is 1. The van der Waals surface area contributed by atoms with Crippen LogP contribution in [-0.2, 0) is 6.42 Å². The van der Waals surface area contributed by atoms with E-state index in [4.69, 9.17) is 21.3 Å². The molecule has 3 rings (SSSR count). The van der Waals surface area contributed by atoms with Crippen molar-refractivity contribution in [2.45, 2.75) is 38.5 Å². The Morgan fingerprint density at radius 3 is 2.46 bits per heavy atom. The minimum absolute atomic E-state index is 0.0494. The SMILES string of the molecule is CCN=C(c1ccc(OC)cc1)N1CCCc2cc(C(=O)C(C)(C)Cl)ccc21. The Balaban J connectivity index is 1.99. The highest BCUT2D eigenvalue weighted by Gasteiger charge is 2.28. The molecule has 1 aliphatic heterocycles. The van der Waals surface area contributed by atoms with Crippen LogP contribution in [0.5, 0.6) is 5.75 Å². The van der Waals surface area contributed by atoms with E-state index in [0.29, 0.717) is 12.1 Å². The summed E-state index contributed by atoms with van der Waals surface area (Å²) in [5.41, 5.74) is 3.99. The van der Waals surface area contributed by atoms with E-state index in [0.717, 1.165) is 47.8 Å². The maximum absolute atomic E-state index is 12.6. The van der Waals surface area contributed by atoms with E-state index < -0.39 is 4.87 Å². The number of aryl methyl sites for hydroxylation is 1. The number of alkyl halides is 1. The van der Waals surface area contributed by atoms with Crippen LogP contribution in [0.4, 0.5) is 5.69 Å². The number of halogens is 1. The second-order valence-corrected chi connectivity index (χ2v) is 8.37. The molecule has 0 unspecified atom stereocenters. The lowest BCUT2D eigenvalue weighted by Crippen LogP contribution is -2.36. The number of hydrogen-bond acceptors (Lipinski definition) is 3. The third-order valence-corrected chi connectivity index (χ3v) is 5.08. The molecule has 0 spiro atoms. The van der Waals surface area contributed by atoms with Crippen molar-refractivity contribution < 1.29 is 9.53 Å². The quantitative estimate of drug-likeness (QED) is 0.304. The van der Waals surface area contributed by atoms with Gasteiger partial charge in [-0.1, -0.05) is 0 Å². The molecule has 0 amide bonds. The number of carbonyl (C=O) groups excluding carboxylic acids is 1. The van der Waals surface area contributed by atoms with E-state index in [2.05, 4.69) is 4.90 Å². The molecule has 0 atom stereocenters. The Hall–Kier alpha value is -2.33. The summed E-state index contributed by atoms with van der Waals surface area (Å²) in [6.07, 6.45) is 1.95. The standard InChI is InChI=1S/C23H27ClN2O2/c1-5-25-22(16-8-11-19(28-4)12-9-16)26-14-6-7-17-15-18(10-13-20(17)26)21(27)23(2,3)24/h8-13,15H,5-7,14H2,1-4H3. The zero-order chi connectivity index (χ0) is 20.3. The highest BCUT2D eigenvalue weighted by molar-refractivity contribution is 6.37. The number of aliphatic imine (C=N–C) groups is 1. The van der Waals surface area contributed by atoms with E-state index in [1.54, 1.807) is 21.0 Å². The molecule has 28 heavy (non-hydrogen) atoms. The molecule has 5 heteroatoms. The van der Waals surface area contributed by atoms with Crippen LogP contribution in [0, 0.1) is 0 Å². The molecule has 4 nitrogen and oxygen atoms in total. The predicted molar refractivity (Wildman–Crippen MR) is 116 cm³/mol. The first-order valence-corrected chi connectivity index (χ1v) is 10.1. The summed E-state index contributed by atoms with van der Waals surface area (Å²) in [4.78, 5) is 18.7. The third kappa shape index (κ3) is 4.22. The van der Waals surface area contributed by atoms with Crippen LogP contribution in [0.15, 0.2) is 47.5 Å². The van der Waals surface area contributed by atoms with Gasteiger partial charge >= 0.3 is 0 Å². The van der Waals surface area contributed by atoms with Gasteiger partial charge in [0.25, 0.3) is 0 Å². The lowest BCUT2D eigenvalue weighted by molar-refractivity contribution is 0.0954. The molecule has 0 radical (unpaired) electrons. The summed E-state index contributed by atoms with van der Waals surface area (Å²) in [5, 5.41) is 0. The first-order chi connectivity index (χ1) is 13.3. The van der Waals surface area contributed by atoms with E-state index in [1.165, 1.54) is 0 Å². The van der Waals surface area contributed by atoms with Gasteiger partial charge in [0.2, 0.25) is 0 Å². The first kappa shape index (κ1) is 20.4. The Labute approximate surface area is 172 Å². The molecule has 2 aromatic carbocycles. The number of benzene rings is 2. The van der Waals surface area contributed by atoms with Crippen LogP contribution < -0.4 is 9.64 Å². The van der Waals surface area contributed by atoms with Gasteiger partial charge in [-0.3, -0.25) is 9.79 Å². The van der Waals surface area contributed by atoms with Crippen molar-refractivity contribution in [1.29, 1.82) is 0 Å². The van der Waals surface area contributed by atoms with Gasteiger partial charge in [0.05, 0.1) is 7.11 Å². The molecule has 148 valence electrons. The van der Waals surface area contributed by atoms with Gasteiger partial charge in [0.15, 0.2) is 5.78 Å². The lowest BCUT2D eigenvalue weighted by atomic mass is 9.93. The Morgan fingerprint density at radius 1 is 1.18 bits per heavy atom. The number of Topliss-reactive ketones (excluding diaryl/α,β-unsaturated/α-hetero) is 1. The van der Waals surface area contributed by atoms with E-state index in [-0.39, 0.29) is 5.78 Å². The fraction of sp³-hybridized carbons (Fsp3) is 0.391. The molecule has 2 aromatic rings. The van der Waals surface area contributed by atoms with Gasteiger partial charge in [-0.25, -0.2) is 0 Å². The molecule has 0 aliphatic carbocycles. The van der Waals surface area contributed by atoms with Crippen molar-refractivity contribution in [3.05, 3.63) is 59.2 Å². The summed E-state index contributed by atoms with van der Waals surface area (Å²) < 4.78 is 5.28. The predicted octanol–water partition coefficient (Wildman–Crippen LogP) is 5.11. The monoisotopic (exact) mass is 398 g/mol. The number of carbonyl (C=O) groups is 1. The van der Waals surface area contributed by atoms with Gasteiger partial charge in [-0.2, -0.15) is 0 Å². The summed E-state index contributed by atoms with van der Waals surface area (Å²) in [5.74, 6) is 1.72. The van der Waals surface area contributed by atoms with Crippen LogP contribution in [0.1, 0.15) is 48.7 Å². The van der Waals surface area contributed by atoms with Crippen LogP contribution in [-0.4, -0.2) is 36.7 Å². The van der Waals surface area contributed by atoms with Crippen LogP contribution >= 0.6 is 11.6 Å². The molecular weight excluding hydrogens is 372 g/mol. The lowest BCUT2D eigenvalue weighted by Gasteiger charge is -2.33. The molecule has 0 saturated carbocycles. The molecule has 0 bridgehead atoms.